The number of esters is 1. The number of benzene rings is 1. The lowest BCUT2D eigenvalue weighted by atomic mass is 9.85. The number of fused-ring (bicyclic) bond motifs is 1. The van der Waals surface area contributed by atoms with Gasteiger partial charge in [-0.2, -0.15) is 15.4 Å². The number of ketones is 1. The molecule has 3 aromatic rings. The molecule has 282 valence electrons. The third-order valence-electron chi connectivity index (χ3n) is 8.95. The van der Waals surface area contributed by atoms with E-state index in [1.165, 1.54) is 29.5 Å². The van der Waals surface area contributed by atoms with Crippen LogP contribution in [0.4, 0.5) is 5.82 Å². The molecule has 4 rings (SSSR count). The highest BCUT2D eigenvalue weighted by Crippen LogP contribution is 2.48. The number of Topliss-reactive ketones (excluding diaryl/α,β-unsaturated/α-hetero) is 1. The van der Waals surface area contributed by atoms with Crippen molar-refractivity contribution in [1.29, 1.82) is 5.26 Å². The highest BCUT2D eigenvalue weighted by atomic mass is 32.2. The van der Waals surface area contributed by atoms with E-state index in [1.807, 2.05) is 13.8 Å². The molecule has 2 aromatic heterocycles. The Balaban J connectivity index is 1.51. The molecule has 0 bridgehead atoms. The predicted molar refractivity (Wildman–Crippen MR) is 194 cm³/mol. The van der Waals surface area contributed by atoms with Gasteiger partial charge in [-0.3, -0.25) is 18.9 Å². The van der Waals surface area contributed by atoms with Crippen LogP contribution in [0.2, 0.25) is 0 Å². The fourth-order valence-corrected chi connectivity index (χ4v) is 7.90. The number of amides is 1. The first-order chi connectivity index (χ1) is 24.8. The number of ether oxygens (including phenoxy) is 2. The Kier molecular flexibility index (Phi) is 14.4. The first-order valence-corrected chi connectivity index (χ1v) is 19.9. The van der Waals surface area contributed by atoms with Gasteiger partial charge < -0.3 is 24.4 Å². The maximum absolute atomic E-state index is 14.1. The molecule has 52 heavy (non-hydrogen) atoms. The van der Waals surface area contributed by atoms with Crippen molar-refractivity contribution in [3.8, 4) is 11.8 Å². The van der Waals surface area contributed by atoms with Crippen LogP contribution in [0.3, 0.4) is 0 Å². The first kappa shape index (κ1) is 40.9. The summed E-state index contributed by atoms with van der Waals surface area (Å²) in [5.74, 6) is -1.12. The zero-order chi connectivity index (χ0) is 38.1. The molecule has 17 heteroatoms. The van der Waals surface area contributed by atoms with E-state index >= 15 is 0 Å². The summed E-state index contributed by atoms with van der Waals surface area (Å²) in [4.78, 5) is 41.6. The van der Waals surface area contributed by atoms with E-state index in [0.29, 0.717) is 5.52 Å². The molecular formula is C35H47N6O9PS. The average Bonchev–Trinajstić information content (AvgIpc) is 3.67. The monoisotopic (exact) mass is 758 g/mol. The van der Waals surface area contributed by atoms with Crippen LogP contribution < -0.4 is 14.9 Å². The molecule has 1 amide bonds. The Hall–Kier alpha value is -3.84. The van der Waals surface area contributed by atoms with E-state index in [0.717, 1.165) is 12.8 Å². The van der Waals surface area contributed by atoms with Gasteiger partial charge >= 0.3 is 13.7 Å². The summed E-state index contributed by atoms with van der Waals surface area (Å²) in [6.45, 7) is 10.4. The number of aliphatic hydroxyl groups excluding tert-OH is 1. The van der Waals surface area contributed by atoms with Gasteiger partial charge in [0.15, 0.2) is 5.82 Å². The number of aliphatic hydroxyl groups is 1. The van der Waals surface area contributed by atoms with E-state index in [4.69, 9.17) is 18.5 Å². The van der Waals surface area contributed by atoms with Gasteiger partial charge in [-0.15, -0.1) is 11.8 Å². The molecule has 1 fully saturated rings. The number of nitrogens with zero attached hydrogens (tertiary/aromatic N) is 4. The van der Waals surface area contributed by atoms with Crippen LogP contribution >= 0.6 is 19.5 Å². The Morgan fingerprint density at radius 2 is 1.85 bits per heavy atom. The summed E-state index contributed by atoms with van der Waals surface area (Å²) >= 11 is 1.20. The van der Waals surface area contributed by atoms with Crippen molar-refractivity contribution in [2.24, 2.45) is 17.8 Å². The number of para-hydroxylation sites is 1. The van der Waals surface area contributed by atoms with E-state index in [9.17, 15) is 29.3 Å². The number of thioether (sulfide) groups is 1. The van der Waals surface area contributed by atoms with Crippen molar-refractivity contribution in [2.45, 2.75) is 78.2 Å². The third-order valence-corrected chi connectivity index (χ3v) is 11.5. The molecule has 1 aliphatic rings. The number of aromatic nitrogens is 3. The molecule has 1 saturated heterocycles. The van der Waals surface area contributed by atoms with Gasteiger partial charge in [-0.05, 0) is 37.1 Å². The molecule has 0 aliphatic carbocycles. The zero-order valence-electron chi connectivity index (χ0n) is 30.2. The van der Waals surface area contributed by atoms with Crippen LogP contribution in [-0.2, 0) is 38.5 Å². The van der Waals surface area contributed by atoms with Gasteiger partial charge in [0.05, 0.1) is 36.5 Å². The fourth-order valence-electron chi connectivity index (χ4n) is 5.50. The number of hydrogen-bond donors (Lipinski definition) is 3. The smallest absolute Gasteiger partial charge is 0.459 e. The predicted octanol–water partition coefficient (Wildman–Crippen LogP) is 4.90. The number of carbonyl (C=O) groups excluding carboxylic acids is 3. The molecule has 1 unspecified atom stereocenters. The van der Waals surface area contributed by atoms with E-state index < -0.39 is 50.1 Å². The Morgan fingerprint density at radius 3 is 2.50 bits per heavy atom. The van der Waals surface area contributed by atoms with Gasteiger partial charge in [0.25, 0.3) is 0 Å². The SMILES string of the molecule is CCC(CC)COC(=O)[C@H](C)NP(=O)(OC[C@H]1O[C@@](C#N)(c2ccc3c(NC(=O)CSCC(=O)C(C)C)ncnn23)[C@H](C)[C@@H]1O)Oc1ccccc1. The zero-order valence-corrected chi connectivity index (χ0v) is 31.9. The minimum atomic E-state index is -4.31. The lowest BCUT2D eigenvalue weighted by molar-refractivity contribution is -0.146. The minimum absolute atomic E-state index is 0.0309. The highest BCUT2D eigenvalue weighted by molar-refractivity contribution is 8.00. The minimum Gasteiger partial charge on any atom is -0.464 e. The maximum atomic E-state index is 14.1. The topological polar surface area (TPSA) is 203 Å². The van der Waals surface area contributed by atoms with Crippen LogP contribution in [-0.4, -0.2) is 80.3 Å². The quantitative estimate of drug-likeness (QED) is 0.110. The molecule has 1 aromatic carbocycles. The number of anilines is 1. The number of carbonyl (C=O) groups is 3. The van der Waals surface area contributed by atoms with Crippen LogP contribution in [0.25, 0.3) is 5.52 Å². The van der Waals surface area contributed by atoms with Crippen LogP contribution in [0.5, 0.6) is 5.75 Å². The standard InChI is InChI=1S/C35H47N6O9PS/c1-7-25(8-2)16-47-34(45)24(6)40-51(46,50-26-12-10-9-11-13-26)48-17-29-32(44)23(5)35(20-36,49-29)30-15-14-27-33(37-21-38-41(27)30)39-31(43)19-52-18-28(42)22(3)4/h9-15,21-25,29,32,44H,7-8,16-19H2,1-6H3,(H,40,46)(H,37,38,39,43)/t23-,24+,29-,32+,35-,51?/m1/s1. The van der Waals surface area contributed by atoms with Gasteiger partial charge in [-0.1, -0.05) is 65.7 Å². The van der Waals surface area contributed by atoms with Crippen molar-refractivity contribution in [3.63, 3.8) is 0 Å². The Morgan fingerprint density at radius 1 is 1.13 bits per heavy atom. The number of nitrogens with one attached hydrogen (secondary N) is 2. The normalized spacial score (nSPS) is 21.8. The second-order valence-electron chi connectivity index (χ2n) is 12.9. The summed E-state index contributed by atoms with van der Waals surface area (Å²) in [7, 11) is -4.31. The third kappa shape index (κ3) is 9.77. The fraction of sp³-hybridized carbons (Fsp3) is 0.543. The molecule has 0 spiro atoms. The molecule has 3 N–H and O–H groups in total. The van der Waals surface area contributed by atoms with Crippen LogP contribution in [0.15, 0.2) is 48.8 Å². The first-order valence-electron chi connectivity index (χ1n) is 17.2. The summed E-state index contributed by atoms with van der Waals surface area (Å²) in [5.41, 5.74) is -1.14. The van der Waals surface area contributed by atoms with Gasteiger partial charge in [0.2, 0.25) is 11.5 Å². The van der Waals surface area contributed by atoms with Crippen molar-refractivity contribution < 1.29 is 42.6 Å². The molecule has 6 atom stereocenters. The van der Waals surface area contributed by atoms with Crippen molar-refractivity contribution >= 4 is 48.5 Å². The summed E-state index contributed by atoms with van der Waals surface area (Å²) in [6.07, 6.45) is 0.441. The van der Waals surface area contributed by atoms with Gasteiger partial charge in [-0.25, -0.2) is 14.1 Å². The lowest BCUT2D eigenvalue weighted by Crippen LogP contribution is -2.37. The molecule has 15 nitrogen and oxygen atoms in total. The Bertz CT molecular complexity index is 1780. The van der Waals surface area contributed by atoms with Crippen LogP contribution in [0, 0.1) is 29.1 Å². The molecular weight excluding hydrogens is 711 g/mol. The number of nitriles is 1. The van der Waals surface area contributed by atoms with Crippen molar-refractivity contribution in [2.75, 3.05) is 30.0 Å². The summed E-state index contributed by atoms with van der Waals surface area (Å²) in [6, 6.07) is 12.5. The largest absolute Gasteiger partial charge is 0.464 e. The number of hydrogen-bond acceptors (Lipinski definition) is 13. The van der Waals surface area contributed by atoms with Crippen molar-refractivity contribution in [1.82, 2.24) is 19.7 Å². The summed E-state index contributed by atoms with van der Waals surface area (Å²) < 4.78 is 38.8. The molecule has 3 heterocycles. The second kappa shape index (κ2) is 18.3. The Labute approximate surface area is 307 Å². The van der Waals surface area contributed by atoms with E-state index in [2.05, 4.69) is 26.6 Å². The maximum Gasteiger partial charge on any atom is 0.459 e. The highest BCUT2D eigenvalue weighted by Gasteiger charge is 2.56. The van der Waals surface area contributed by atoms with Crippen molar-refractivity contribution in [3.05, 3.63) is 54.5 Å². The molecule has 1 aliphatic heterocycles. The lowest BCUT2D eigenvalue weighted by Gasteiger charge is -2.26. The van der Waals surface area contributed by atoms with E-state index in [1.54, 1.807) is 63.2 Å². The van der Waals surface area contributed by atoms with Crippen LogP contribution in [0.1, 0.15) is 60.1 Å². The average molecular weight is 759 g/mol. The van der Waals surface area contributed by atoms with Gasteiger partial charge in [0, 0.05) is 11.8 Å². The van der Waals surface area contributed by atoms with Gasteiger partial charge in [0.1, 0.15) is 41.6 Å². The molecule has 0 saturated carbocycles. The second-order valence-corrected chi connectivity index (χ2v) is 15.6. The van der Waals surface area contributed by atoms with E-state index in [-0.39, 0.29) is 58.9 Å². The molecule has 0 radical (unpaired) electrons. The summed E-state index contributed by atoms with van der Waals surface area (Å²) in [5, 5.41) is 31.6. The number of rotatable bonds is 19.